The molecule has 0 atom stereocenters. The Morgan fingerprint density at radius 3 is 2.89 bits per heavy atom. The van der Waals surface area contributed by atoms with E-state index in [9.17, 15) is 8.42 Å². The first-order chi connectivity index (χ1) is 8.54. The summed E-state index contributed by atoms with van der Waals surface area (Å²) >= 11 is 0. The van der Waals surface area contributed by atoms with Crippen LogP contribution in [-0.4, -0.2) is 37.3 Å². The predicted octanol–water partition coefficient (Wildman–Crippen LogP) is 0.956. The van der Waals surface area contributed by atoms with E-state index < -0.39 is 9.84 Å². The molecule has 0 saturated heterocycles. The lowest BCUT2D eigenvalue weighted by Crippen LogP contribution is -2.14. The van der Waals surface area contributed by atoms with Gasteiger partial charge < -0.3 is 9.88 Å². The molecule has 0 fully saturated rings. The molecule has 5 nitrogen and oxygen atoms in total. The minimum absolute atomic E-state index is 0.159. The van der Waals surface area contributed by atoms with Crippen molar-refractivity contribution in [3.8, 4) is 0 Å². The highest BCUT2D eigenvalue weighted by Gasteiger charge is 2.15. The van der Waals surface area contributed by atoms with Crippen LogP contribution in [-0.2, 0) is 16.9 Å². The van der Waals surface area contributed by atoms with Crippen molar-refractivity contribution in [1.29, 1.82) is 0 Å². The molecule has 1 aromatic carbocycles. The average molecular weight is 267 g/mol. The third kappa shape index (κ3) is 2.54. The van der Waals surface area contributed by atoms with E-state index in [2.05, 4.69) is 10.3 Å². The van der Waals surface area contributed by atoms with E-state index in [1.165, 1.54) is 0 Å². The number of hydrogen-bond donors (Lipinski definition) is 1. The van der Waals surface area contributed by atoms with E-state index in [4.69, 9.17) is 0 Å². The number of sulfone groups is 1. The fourth-order valence-electron chi connectivity index (χ4n) is 1.87. The van der Waals surface area contributed by atoms with Gasteiger partial charge in [0.15, 0.2) is 9.84 Å². The van der Waals surface area contributed by atoms with Crippen LogP contribution < -0.4 is 5.32 Å². The van der Waals surface area contributed by atoms with Gasteiger partial charge in [0.25, 0.3) is 0 Å². The molecule has 0 amide bonds. The van der Waals surface area contributed by atoms with Crippen molar-refractivity contribution < 1.29 is 8.42 Å². The average Bonchev–Trinajstić information content (AvgIpc) is 2.71. The molecule has 98 valence electrons. The van der Waals surface area contributed by atoms with Crippen molar-refractivity contribution in [3.05, 3.63) is 24.5 Å². The Balaban J connectivity index is 2.30. The molecule has 0 saturated carbocycles. The second-order valence-electron chi connectivity index (χ2n) is 4.28. The Kier molecular flexibility index (Phi) is 3.68. The van der Waals surface area contributed by atoms with Crippen LogP contribution in [0.25, 0.3) is 11.0 Å². The Hall–Kier alpha value is -1.40. The van der Waals surface area contributed by atoms with Crippen LogP contribution in [0.5, 0.6) is 0 Å². The molecule has 0 aliphatic rings. The number of nitrogens with zero attached hydrogens (tertiary/aromatic N) is 2. The molecule has 2 rings (SSSR count). The fourth-order valence-corrected chi connectivity index (χ4v) is 3.19. The SMILES string of the molecule is CNCCCS(=O)(=O)c1ccc2c(c1)ncn2C. The molecular formula is C12H17N3O2S. The summed E-state index contributed by atoms with van der Waals surface area (Å²) in [6, 6.07) is 5.09. The topological polar surface area (TPSA) is 64.0 Å². The van der Waals surface area contributed by atoms with Crippen LogP contribution in [0.15, 0.2) is 29.4 Å². The first-order valence-corrected chi connectivity index (χ1v) is 7.48. The maximum absolute atomic E-state index is 12.1. The molecule has 0 bridgehead atoms. The van der Waals surface area contributed by atoms with Crippen LogP contribution in [0.4, 0.5) is 0 Å². The standard InChI is InChI=1S/C12H17N3O2S/c1-13-6-3-7-18(16,17)10-4-5-12-11(8-10)14-9-15(12)2/h4-5,8-9,13H,3,6-7H2,1-2H3. The first-order valence-electron chi connectivity index (χ1n) is 5.83. The van der Waals surface area contributed by atoms with Gasteiger partial charge in [0.1, 0.15) is 0 Å². The molecule has 18 heavy (non-hydrogen) atoms. The van der Waals surface area contributed by atoms with Gasteiger partial charge in [-0.2, -0.15) is 0 Å². The van der Waals surface area contributed by atoms with Crippen molar-refractivity contribution in [3.63, 3.8) is 0 Å². The van der Waals surface area contributed by atoms with Crippen LogP contribution in [0, 0.1) is 0 Å². The summed E-state index contributed by atoms with van der Waals surface area (Å²) in [5.74, 6) is 0.159. The van der Waals surface area contributed by atoms with Crippen LogP contribution in [0.3, 0.4) is 0 Å². The molecule has 0 radical (unpaired) electrons. The van der Waals surface area contributed by atoms with E-state index in [1.54, 1.807) is 24.5 Å². The van der Waals surface area contributed by atoms with Crippen LogP contribution >= 0.6 is 0 Å². The molecule has 1 heterocycles. The molecule has 0 unspecified atom stereocenters. The van der Waals surface area contributed by atoms with E-state index in [1.807, 2.05) is 18.7 Å². The summed E-state index contributed by atoms with van der Waals surface area (Å²) in [6.07, 6.45) is 2.29. The molecule has 0 spiro atoms. The number of benzene rings is 1. The van der Waals surface area contributed by atoms with Gasteiger partial charge in [-0.3, -0.25) is 0 Å². The maximum Gasteiger partial charge on any atom is 0.178 e. The summed E-state index contributed by atoms with van der Waals surface area (Å²) in [7, 11) is 0.493. The van der Waals surface area contributed by atoms with Gasteiger partial charge in [-0.1, -0.05) is 0 Å². The number of hydrogen-bond acceptors (Lipinski definition) is 4. The lowest BCUT2D eigenvalue weighted by Gasteiger charge is -2.04. The molecular weight excluding hydrogens is 250 g/mol. The monoisotopic (exact) mass is 267 g/mol. The second-order valence-corrected chi connectivity index (χ2v) is 6.39. The molecule has 1 N–H and O–H groups in total. The number of aryl methyl sites for hydroxylation is 1. The second kappa shape index (κ2) is 5.07. The van der Waals surface area contributed by atoms with Crippen LogP contribution in [0.1, 0.15) is 6.42 Å². The highest BCUT2D eigenvalue weighted by Crippen LogP contribution is 2.18. The minimum atomic E-state index is -3.20. The minimum Gasteiger partial charge on any atom is -0.334 e. The fraction of sp³-hybridized carbons (Fsp3) is 0.417. The quantitative estimate of drug-likeness (QED) is 0.819. The zero-order chi connectivity index (χ0) is 13.2. The largest absolute Gasteiger partial charge is 0.334 e. The Bertz CT molecular complexity index is 646. The Morgan fingerprint density at radius 1 is 1.39 bits per heavy atom. The van der Waals surface area contributed by atoms with Gasteiger partial charge >= 0.3 is 0 Å². The Labute approximate surface area is 107 Å². The van der Waals surface area contributed by atoms with Crippen molar-refractivity contribution in [2.75, 3.05) is 19.3 Å². The van der Waals surface area contributed by atoms with Crippen molar-refractivity contribution in [1.82, 2.24) is 14.9 Å². The van der Waals surface area contributed by atoms with Crippen molar-refractivity contribution in [2.24, 2.45) is 7.05 Å². The highest BCUT2D eigenvalue weighted by molar-refractivity contribution is 7.91. The zero-order valence-corrected chi connectivity index (χ0v) is 11.4. The molecule has 1 aromatic heterocycles. The number of aromatic nitrogens is 2. The number of nitrogens with one attached hydrogen (secondary N) is 1. The number of fused-ring (bicyclic) bond motifs is 1. The number of rotatable bonds is 5. The van der Waals surface area contributed by atoms with E-state index in [0.29, 0.717) is 23.4 Å². The summed E-state index contributed by atoms with van der Waals surface area (Å²) in [5.41, 5.74) is 1.65. The lowest BCUT2D eigenvalue weighted by molar-refractivity contribution is 0.592. The predicted molar refractivity (Wildman–Crippen MR) is 71.3 cm³/mol. The Morgan fingerprint density at radius 2 is 2.17 bits per heavy atom. The molecule has 2 aromatic rings. The smallest absolute Gasteiger partial charge is 0.178 e. The molecule has 6 heteroatoms. The molecule has 0 aliphatic heterocycles. The summed E-state index contributed by atoms with van der Waals surface area (Å²) in [5, 5.41) is 2.94. The maximum atomic E-state index is 12.1. The van der Waals surface area contributed by atoms with Gasteiger partial charge in [0.2, 0.25) is 0 Å². The van der Waals surface area contributed by atoms with Gasteiger partial charge in [-0.15, -0.1) is 0 Å². The summed E-state index contributed by atoms with van der Waals surface area (Å²) < 4.78 is 26.1. The van der Waals surface area contributed by atoms with Gasteiger partial charge in [0.05, 0.1) is 28.0 Å². The van der Waals surface area contributed by atoms with Crippen molar-refractivity contribution >= 4 is 20.9 Å². The van der Waals surface area contributed by atoms with Gasteiger partial charge in [0, 0.05) is 7.05 Å². The van der Waals surface area contributed by atoms with E-state index >= 15 is 0 Å². The zero-order valence-electron chi connectivity index (χ0n) is 10.5. The van der Waals surface area contributed by atoms with Crippen LogP contribution in [0.2, 0.25) is 0 Å². The normalized spacial score (nSPS) is 12.1. The summed E-state index contributed by atoms with van der Waals surface area (Å²) in [4.78, 5) is 4.53. The van der Waals surface area contributed by atoms with E-state index in [-0.39, 0.29) is 5.75 Å². The van der Waals surface area contributed by atoms with Crippen molar-refractivity contribution in [2.45, 2.75) is 11.3 Å². The molecule has 0 aliphatic carbocycles. The van der Waals surface area contributed by atoms with Gasteiger partial charge in [-0.05, 0) is 38.2 Å². The third-order valence-electron chi connectivity index (χ3n) is 2.90. The third-order valence-corrected chi connectivity index (χ3v) is 4.69. The number of imidazole rings is 1. The van der Waals surface area contributed by atoms with Gasteiger partial charge in [-0.25, -0.2) is 13.4 Å². The van der Waals surface area contributed by atoms with E-state index in [0.717, 1.165) is 5.52 Å². The first kappa shape index (κ1) is 13.0. The summed E-state index contributed by atoms with van der Waals surface area (Å²) in [6.45, 7) is 0.699. The highest BCUT2D eigenvalue weighted by atomic mass is 32.2. The lowest BCUT2D eigenvalue weighted by atomic mass is 10.3.